The summed E-state index contributed by atoms with van der Waals surface area (Å²) in [6, 6.07) is 6.07. The Morgan fingerprint density at radius 1 is 1.39 bits per heavy atom. The Bertz CT molecular complexity index is 1030. The second kappa shape index (κ2) is 7.87. The minimum absolute atomic E-state index is 0.285. The molecular weight excluding hydrogens is 356 g/mol. The number of nitrogens with one attached hydrogen (secondary N) is 1. The summed E-state index contributed by atoms with van der Waals surface area (Å²) in [5, 5.41) is 8.64. The number of likely N-dealkylation sites (tertiary alicyclic amines) is 1. The van der Waals surface area contributed by atoms with Crippen LogP contribution in [0, 0.1) is 0 Å². The van der Waals surface area contributed by atoms with Gasteiger partial charge in [0.05, 0.1) is 0 Å². The Morgan fingerprint density at radius 2 is 2.29 bits per heavy atom. The van der Waals surface area contributed by atoms with Gasteiger partial charge in [0.1, 0.15) is 11.3 Å². The molecule has 0 aliphatic carbocycles. The summed E-state index contributed by atoms with van der Waals surface area (Å²) in [5.41, 5.74) is 4.91. The third kappa shape index (κ3) is 3.64. The summed E-state index contributed by atoms with van der Waals surface area (Å²) in [6.07, 6.45) is 10.3. The molecule has 0 aromatic carbocycles. The molecule has 1 fully saturated rings. The van der Waals surface area contributed by atoms with Gasteiger partial charge in [-0.1, -0.05) is 0 Å². The van der Waals surface area contributed by atoms with Crippen molar-refractivity contribution in [2.75, 3.05) is 20.1 Å². The normalized spacial score (nSPS) is 18.0. The van der Waals surface area contributed by atoms with Crippen LogP contribution in [-0.2, 0) is 4.79 Å². The van der Waals surface area contributed by atoms with E-state index >= 15 is 0 Å². The van der Waals surface area contributed by atoms with E-state index in [1.807, 2.05) is 18.2 Å². The summed E-state index contributed by atoms with van der Waals surface area (Å²) in [7, 11) is 2.14. The minimum Gasteiger partial charge on any atom is -0.304 e. The highest BCUT2D eigenvalue weighted by molar-refractivity contribution is 5.91. The second-order valence-electron chi connectivity index (χ2n) is 7.03. The zero-order valence-electron chi connectivity index (χ0n) is 15.6. The van der Waals surface area contributed by atoms with Crippen molar-refractivity contribution in [3.63, 3.8) is 0 Å². The van der Waals surface area contributed by atoms with Crippen LogP contribution >= 0.6 is 0 Å². The zero-order valence-corrected chi connectivity index (χ0v) is 15.6. The fourth-order valence-electron chi connectivity index (χ4n) is 3.71. The molecule has 0 spiro atoms. The van der Waals surface area contributed by atoms with E-state index in [9.17, 15) is 4.79 Å². The lowest BCUT2D eigenvalue weighted by Gasteiger charge is -2.31. The third-order valence-electron chi connectivity index (χ3n) is 4.97. The predicted octanol–water partition coefficient (Wildman–Crippen LogP) is 2.28. The molecule has 1 atom stereocenters. The molecule has 4 rings (SSSR count). The van der Waals surface area contributed by atoms with E-state index in [0.29, 0.717) is 0 Å². The molecule has 3 aromatic rings. The molecule has 1 amide bonds. The maximum atomic E-state index is 11.3. The number of likely N-dealkylation sites (N-methyl/N-ethyl adjacent to an activating group) is 1. The average molecular weight is 378 g/mol. The largest absolute Gasteiger partial charge is 0.304 e. The van der Waals surface area contributed by atoms with Gasteiger partial charge in [0.15, 0.2) is 5.65 Å². The minimum atomic E-state index is -0.591. The summed E-state index contributed by atoms with van der Waals surface area (Å²) >= 11 is 0. The number of nitrogens with zero attached hydrogens (tertiary/aromatic N) is 5. The second-order valence-corrected chi connectivity index (χ2v) is 7.03. The molecule has 28 heavy (non-hydrogen) atoms. The number of hydroxylamine groups is 1. The van der Waals surface area contributed by atoms with Crippen LogP contribution in [0.5, 0.6) is 0 Å². The monoisotopic (exact) mass is 378 g/mol. The van der Waals surface area contributed by atoms with Gasteiger partial charge in [0, 0.05) is 42.8 Å². The van der Waals surface area contributed by atoms with Gasteiger partial charge in [-0.3, -0.25) is 15.0 Å². The highest BCUT2D eigenvalue weighted by atomic mass is 16.5. The number of imidazole rings is 1. The summed E-state index contributed by atoms with van der Waals surface area (Å²) < 4.78 is 2.22. The average Bonchev–Trinajstić information content (AvgIpc) is 3.12. The lowest BCUT2D eigenvalue weighted by molar-refractivity contribution is -0.124. The van der Waals surface area contributed by atoms with Gasteiger partial charge in [-0.15, -0.1) is 0 Å². The van der Waals surface area contributed by atoms with Crippen molar-refractivity contribution in [1.82, 2.24) is 29.9 Å². The maximum absolute atomic E-state index is 11.3. The van der Waals surface area contributed by atoms with E-state index in [0.717, 1.165) is 54.0 Å². The van der Waals surface area contributed by atoms with E-state index in [1.165, 1.54) is 6.08 Å². The predicted molar refractivity (Wildman–Crippen MR) is 105 cm³/mol. The summed E-state index contributed by atoms with van der Waals surface area (Å²) in [6.45, 7) is 2.04. The van der Waals surface area contributed by atoms with Crippen molar-refractivity contribution < 1.29 is 10.0 Å². The first-order chi connectivity index (χ1) is 13.7. The van der Waals surface area contributed by atoms with Gasteiger partial charge in [-0.2, -0.15) is 0 Å². The number of amides is 1. The molecule has 1 saturated heterocycles. The number of hydrogen-bond donors (Lipinski definition) is 2. The number of piperidine rings is 1. The van der Waals surface area contributed by atoms with Crippen LogP contribution in [0.15, 0.2) is 42.9 Å². The lowest BCUT2D eigenvalue weighted by atomic mass is 10.1. The summed E-state index contributed by atoms with van der Waals surface area (Å²) in [5.74, 6) is 0.232. The van der Waals surface area contributed by atoms with Crippen LogP contribution in [0.2, 0.25) is 0 Å². The van der Waals surface area contributed by atoms with Crippen molar-refractivity contribution >= 4 is 23.1 Å². The van der Waals surface area contributed by atoms with Gasteiger partial charge in [-0.25, -0.2) is 15.4 Å². The quantitative estimate of drug-likeness (QED) is 0.411. The molecule has 8 heteroatoms. The fraction of sp³-hybridized carbons (Fsp3) is 0.300. The molecule has 1 aliphatic heterocycles. The van der Waals surface area contributed by atoms with E-state index in [4.69, 9.17) is 10.2 Å². The van der Waals surface area contributed by atoms with Crippen LogP contribution in [0.25, 0.3) is 28.6 Å². The van der Waals surface area contributed by atoms with Crippen molar-refractivity contribution in [2.45, 2.75) is 18.9 Å². The van der Waals surface area contributed by atoms with Gasteiger partial charge in [0.25, 0.3) is 5.91 Å². The third-order valence-corrected chi connectivity index (χ3v) is 4.97. The number of fused-ring (bicyclic) bond motifs is 1. The standard InChI is InChI=1S/C20H22N6O2/c1-25-9-3-4-16(13-25)26-19(23-17-5-2-8-22-20(17)26)15-10-14(11-21-12-15)6-7-18(27)24-28/h2,5-8,10-12,16,28H,3-4,9,13H2,1H3,(H,24,27)/b7-6+/t16-/m1/s1. The molecule has 0 radical (unpaired) electrons. The van der Waals surface area contributed by atoms with E-state index in [1.54, 1.807) is 30.1 Å². The molecule has 4 heterocycles. The lowest BCUT2D eigenvalue weighted by Crippen LogP contribution is -2.33. The van der Waals surface area contributed by atoms with Crippen molar-refractivity contribution in [3.05, 3.63) is 48.4 Å². The van der Waals surface area contributed by atoms with Crippen molar-refractivity contribution in [2.24, 2.45) is 0 Å². The molecular formula is C20H22N6O2. The van der Waals surface area contributed by atoms with E-state index in [2.05, 4.69) is 26.5 Å². The van der Waals surface area contributed by atoms with Crippen LogP contribution in [0.4, 0.5) is 0 Å². The molecule has 1 aliphatic rings. The number of carbonyl (C=O) groups excluding carboxylic acids is 1. The first kappa shape index (κ1) is 18.3. The maximum Gasteiger partial charge on any atom is 0.267 e. The smallest absolute Gasteiger partial charge is 0.267 e. The summed E-state index contributed by atoms with van der Waals surface area (Å²) in [4.78, 5) is 27.3. The van der Waals surface area contributed by atoms with Crippen LogP contribution in [0.3, 0.4) is 0 Å². The number of aromatic nitrogens is 4. The number of hydrogen-bond acceptors (Lipinski definition) is 6. The highest BCUT2D eigenvalue weighted by Gasteiger charge is 2.25. The fourth-order valence-corrected chi connectivity index (χ4v) is 3.71. The van der Waals surface area contributed by atoms with Crippen LogP contribution < -0.4 is 5.48 Å². The van der Waals surface area contributed by atoms with Crippen LogP contribution in [0.1, 0.15) is 24.4 Å². The van der Waals surface area contributed by atoms with Gasteiger partial charge in [0.2, 0.25) is 0 Å². The Labute approximate surface area is 162 Å². The van der Waals surface area contributed by atoms with Crippen molar-refractivity contribution in [3.8, 4) is 11.4 Å². The number of pyridine rings is 2. The van der Waals surface area contributed by atoms with E-state index < -0.39 is 5.91 Å². The molecule has 0 saturated carbocycles. The van der Waals surface area contributed by atoms with Crippen LogP contribution in [-0.4, -0.2) is 55.7 Å². The molecule has 3 aromatic heterocycles. The Hall–Kier alpha value is -3.10. The Balaban J connectivity index is 1.79. The topological polar surface area (TPSA) is 96.2 Å². The van der Waals surface area contributed by atoms with Gasteiger partial charge in [-0.05, 0) is 56.3 Å². The SMILES string of the molecule is CN1CCC[C@@H](n2c(-c3cncc(/C=C/C(=O)NO)c3)nc3cccnc32)C1. The Morgan fingerprint density at radius 3 is 3.11 bits per heavy atom. The molecule has 0 bridgehead atoms. The molecule has 8 nitrogen and oxygen atoms in total. The highest BCUT2D eigenvalue weighted by Crippen LogP contribution is 2.31. The molecule has 0 unspecified atom stereocenters. The van der Waals surface area contributed by atoms with Crippen molar-refractivity contribution in [1.29, 1.82) is 0 Å². The van der Waals surface area contributed by atoms with Gasteiger partial charge >= 0.3 is 0 Å². The zero-order chi connectivity index (χ0) is 19.5. The van der Waals surface area contributed by atoms with E-state index in [-0.39, 0.29) is 6.04 Å². The Kier molecular flexibility index (Phi) is 5.14. The molecule has 144 valence electrons. The first-order valence-corrected chi connectivity index (χ1v) is 9.25. The molecule has 2 N–H and O–H groups in total. The number of carbonyl (C=O) groups is 1. The first-order valence-electron chi connectivity index (χ1n) is 9.25. The number of rotatable bonds is 4. The van der Waals surface area contributed by atoms with Gasteiger partial charge < -0.3 is 9.47 Å².